The number of nitrogens with one attached hydrogen (secondary N) is 1. The van der Waals surface area contributed by atoms with E-state index in [1.807, 2.05) is 11.8 Å². The van der Waals surface area contributed by atoms with E-state index in [4.69, 9.17) is 5.11 Å². The number of aryl methyl sites for hydroxylation is 1. The van der Waals surface area contributed by atoms with Gasteiger partial charge in [0.25, 0.3) is 5.91 Å². The smallest absolute Gasteiger partial charge is 0.336 e. The van der Waals surface area contributed by atoms with Crippen LogP contribution in [0.2, 0.25) is 0 Å². The van der Waals surface area contributed by atoms with Crippen LogP contribution in [0.3, 0.4) is 0 Å². The molecule has 0 aliphatic carbocycles. The lowest BCUT2D eigenvalue weighted by atomic mass is 10.1. The van der Waals surface area contributed by atoms with E-state index >= 15 is 0 Å². The summed E-state index contributed by atoms with van der Waals surface area (Å²) < 4.78 is 26.9. The second-order valence-electron chi connectivity index (χ2n) is 7.18. The van der Waals surface area contributed by atoms with Crippen LogP contribution in [-0.4, -0.2) is 73.5 Å². The molecule has 1 fully saturated rings. The first kappa shape index (κ1) is 22.6. The second-order valence-corrected chi connectivity index (χ2v) is 9.12. The molecule has 3 rings (SSSR count). The van der Waals surface area contributed by atoms with Crippen molar-refractivity contribution in [1.82, 2.24) is 14.6 Å². The van der Waals surface area contributed by atoms with Crippen molar-refractivity contribution in [1.29, 1.82) is 0 Å². The number of rotatable bonds is 7. The van der Waals surface area contributed by atoms with Gasteiger partial charge in [0, 0.05) is 31.7 Å². The van der Waals surface area contributed by atoms with Gasteiger partial charge in [-0.2, -0.15) is 9.41 Å². The highest BCUT2D eigenvalue weighted by molar-refractivity contribution is 7.89. The van der Waals surface area contributed by atoms with E-state index in [0.29, 0.717) is 31.7 Å². The number of hydrogen-bond acceptors (Lipinski definition) is 6. The normalized spacial score (nSPS) is 15.8. The fourth-order valence-electron chi connectivity index (χ4n) is 3.20. The summed E-state index contributed by atoms with van der Waals surface area (Å²) in [5.41, 5.74) is 3.84. The van der Waals surface area contributed by atoms with E-state index in [2.05, 4.69) is 10.5 Å². The molecular formula is C21H24N4O5S. The Morgan fingerprint density at radius 2 is 1.71 bits per heavy atom. The maximum atomic E-state index is 12.7. The number of amides is 1. The number of nitrogens with zero attached hydrogens (tertiary/aromatic N) is 3. The summed E-state index contributed by atoms with van der Waals surface area (Å²) in [4.78, 5) is 25.4. The number of aromatic carboxylic acids is 1. The SMILES string of the molecule is Cc1ccc(S(=O)(=O)N2CCN(CC(=O)NN=Cc3ccccc3C(=O)O)CC2)cc1. The molecule has 2 aromatic rings. The first-order valence-corrected chi connectivity index (χ1v) is 11.1. The summed E-state index contributed by atoms with van der Waals surface area (Å²) in [7, 11) is -3.55. The molecule has 2 aromatic carbocycles. The van der Waals surface area contributed by atoms with Gasteiger partial charge in [0.1, 0.15) is 0 Å². The van der Waals surface area contributed by atoms with Gasteiger partial charge in [-0.3, -0.25) is 9.69 Å². The minimum Gasteiger partial charge on any atom is -0.478 e. The fraction of sp³-hybridized carbons (Fsp3) is 0.286. The van der Waals surface area contributed by atoms with E-state index in [0.717, 1.165) is 5.56 Å². The van der Waals surface area contributed by atoms with Crippen molar-refractivity contribution in [3.8, 4) is 0 Å². The van der Waals surface area contributed by atoms with Gasteiger partial charge in [0.05, 0.1) is 23.2 Å². The number of sulfonamides is 1. The average Bonchev–Trinajstić information content (AvgIpc) is 2.74. The van der Waals surface area contributed by atoms with Crippen LogP contribution in [0.15, 0.2) is 58.5 Å². The van der Waals surface area contributed by atoms with Crippen molar-refractivity contribution in [3.63, 3.8) is 0 Å². The highest BCUT2D eigenvalue weighted by atomic mass is 32.2. The minimum atomic E-state index is -3.55. The number of carbonyl (C=O) groups excluding carboxylic acids is 1. The summed E-state index contributed by atoms with van der Waals surface area (Å²) in [6.07, 6.45) is 1.29. The van der Waals surface area contributed by atoms with E-state index in [1.54, 1.807) is 42.5 Å². The molecule has 1 aliphatic rings. The summed E-state index contributed by atoms with van der Waals surface area (Å²) >= 11 is 0. The molecule has 1 amide bonds. The lowest BCUT2D eigenvalue weighted by Gasteiger charge is -2.33. The van der Waals surface area contributed by atoms with Crippen molar-refractivity contribution in [2.75, 3.05) is 32.7 Å². The Bertz CT molecular complexity index is 1080. The molecule has 0 radical (unpaired) electrons. The molecular weight excluding hydrogens is 420 g/mol. The van der Waals surface area contributed by atoms with Crippen molar-refractivity contribution < 1.29 is 23.1 Å². The minimum absolute atomic E-state index is 0.0658. The molecule has 0 unspecified atom stereocenters. The molecule has 164 valence electrons. The predicted molar refractivity (Wildman–Crippen MR) is 116 cm³/mol. The van der Waals surface area contributed by atoms with E-state index in [9.17, 15) is 18.0 Å². The Balaban J connectivity index is 1.50. The summed E-state index contributed by atoms with van der Waals surface area (Å²) in [5.74, 6) is -1.44. The third-order valence-corrected chi connectivity index (χ3v) is 6.85. The zero-order chi connectivity index (χ0) is 22.4. The summed E-state index contributed by atoms with van der Waals surface area (Å²) in [5, 5.41) is 13.0. The molecule has 9 nitrogen and oxygen atoms in total. The topological polar surface area (TPSA) is 119 Å². The van der Waals surface area contributed by atoms with Crippen LogP contribution in [0.5, 0.6) is 0 Å². The van der Waals surface area contributed by atoms with E-state index < -0.39 is 16.0 Å². The zero-order valence-corrected chi connectivity index (χ0v) is 17.9. The lowest BCUT2D eigenvalue weighted by molar-refractivity contribution is -0.122. The van der Waals surface area contributed by atoms with Crippen LogP contribution < -0.4 is 5.43 Å². The molecule has 1 aliphatic heterocycles. The van der Waals surface area contributed by atoms with Crippen LogP contribution in [0.1, 0.15) is 21.5 Å². The van der Waals surface area contributed by atoms with E-state index in [-0.39, 0.29) is 22.9 Å². The van der Waals surface area contributed by atoms with Crippen LogP contribution >= 0.6 is 0 Å². The number of carbonyl (C=O) groups is 2. The Morgan fingerprint density at radius 3 is 2.35 bits per heavy atom. The molecule has 0 saturated carbocycles. The van der Waals surface area contributed by atoms with Crippen LogP contribution in [0.4, 0.5) is 0 Å². The van der Waals surface area contributed by atoms with Crippen LogP contribution in [0, 0.1) is 6.92 Å². The third-order valence-electron chi connectivity index (χ3n) is 4.94. The number of carboxylic acid groups (broad SMARTS) is 1. The number of piperazine rings is 1. The molecule has 1 saturated heterocycles. The van der Waals surface area contributed by atoms with E-state index in [1.165, 1.54) is 16.6 Å². The van der Waals surface area contributed by atoms with Crippen molar-refractivity contribution in [2.24, 2.45) is 5.10 Å². The molecule has 10 heteroatoms. The maximum absolute atomic E-state index is 12.7. The van der Waals surface area contributed by atoms with Gasteiger partial charge >= 0.3 is 5.97 Å². The largest absolute Gasteiger partial charge is 0.478 e. The standard InChI is InChI=1S/C21H24N4O5S/c1-16-6-8-18(9-7-16)31(29,30)25-12-10-24(11-13-25)15-20(26)23-22-14-17-4-2-3-5-19(17)21(27)28/h2-9,14H,10-13,15H2,1H3,(H,23,26)(H,27,28). The average molecular weight is 445 g/mol. The van der Waals surface area contributed by atoms with Gasteiger partial charge in [-0.25, -0.2) is 18.6 Å². The van der Waals surface area contributed by atoms with Gasteiger partial charge < -0.3 is 5.11 Å². The quantitative estimate of drug-likeness (QED) is 0.488. The molecule has 31 heavy (non-hydrogen) atoms. The summed E-state index contributed by atoms with van der Waals surface area (Å²) in [6, 6.07) is 13.1. The highest BCUT2D eigenvalue weighted by Crippen LogP contribution is 2.18. The Labute approximate surface area is 181 Å². The maximum Gasteiger partial charge on any atom is 0.336 e. The first-order chi connectivity index (χ1) is 14.8. The first-order valence-electron chi connectivity index (χ1n) is 9.71. The van der Waals surface area contributed by atoms with Crippen LogP contribution in [-0.2, 0) is 14.8 Å². The lowest BCUT2D eigenvalue weighted by Crippen LogP contribution is -2.50. The molecule has 0 aromatic heterocycles. The molecule has 0 atom stereocenters. The molecule has 1 heterocycles. The molecule has 0 bridgehead atoms. The van der Waals surface area contributed by atoms with Gasteiger partial charge in [0.2, 0.25) is 10.0 Å². The number of benzene rings is 2. The van der Waals surface area contributed by atoms with Gasteiger partial charge in [-0.05, 0) is 25.1 Å². The highest BCUT2D eigenvalue weighted by Gasteiger charge is 2.28. The van der Waals surface area contributed by atoms with Gasteiger partial charge in [-0.1, -0.05) is 35.9 Å². The molecule has 2 N–H and O–H groups in total. The summed E-state index contributed by atoms with van der Waals surface area (Å²) in [6.45, 7) is 3.39. The number of hydrazone groups is 1. The van der Waals surface area contributed by atoms with Gasteiger partial charge in [0.15, 0.2) is 0 Å². The number of hydrogen-bond donors (Lipinski definition) is 2. The Morgan fingerprint density at radius 1 is 1.06 bits per heavy atom. The number of carboxylic acids is 1. The van der Waals surface area contributed by atoms with Crippen molar-refractivity contribution in [2.45, 2.75) is 11.8 Å². The third kappa shape index (κ3) is 5.75. The fourth-order valence-corrected chi connectivity index (χ4v) is 4.63. The molecule has 0 spiro atoms. The predicted octanol–water partition coefficient (Wildman–Crippen LogP) is 1.15. The van der Waals surface area contributed by atoms with Gasteiger partial charge in [-0.15, -0.1) is 0 Å². The second kappa shape index (κ2) is 9.82. The zero-order valence-electron chi connectivity index (χ0n) is 17.1. The van der Waals surface area contributed by atoms with Crippen LogP contribution in [0.25, 0.3) is 0 Å². The monoisotopic (exact) mass is 444 g/mol. The Hall–Kier alpha value is -3.08. The van der Waals surface area contributed by atoms with Crippen molar-refractivity contribution in [3.05, 3.63) is 65.2 Å². The van der Waals surface area contributed by atoms with Crippen molar-refractivity contribution >= 4 is 28.1 Å². The Kier molecular flexibility index (Phi) is 7.16.